The van der Waals surface area contributed by atoms with Crippen LogP contribution in [0.1, 0.15) is 16.1 Å². The van der Waals surface area contributed by atoms with Gasteiger partial charge in [-0.05, 0) is 48.5 Å². The lowest BCUT2D eigenvalue weighted by Crippen LogP contribution is -2.04. The molecule has 3 nitrogen and oxygen atoms in total. The molecule has 0 saturated heterocycles. The van der Waals surface area contributed by atoms with Crippen molar-refractivity contribution in [3.05, 3.63) is 72.1 Å². The standard InChI is InChI=1S/C15H11NO2/c17-13-7-4-11(5-8-13)15(18)14-9-6-12-3-1-2-10-16(12)14/h1-10,17H. The summed E-state index contributed by atoms with van der Waals surface area (Å²) in [7, 11) is 0. The van der Waals surface area contributed by atoms with E-state index in [0.29, 0.717) is 11.3 Å². The van der Waals surface area contributed by atoms with Crippen LogP contribution in [-0.4, -0.2) is 15.3 Å². The average Bonchev–Trinajstić information content (AvgIpc) is 2.82. The molecule has 0 aliphatic rings. The van der Waals surface area contributed by atoms with Crippen LogP contribution in [0.25, 0.3) is 5.52 Å². The van der Waals surface area contributed by atoms with Crippen LogP contribution in [0.3, 0.4) is 0 Å². The van der Waals surface area contributed by atoms with Crippen LogP contribution in [-0.2, 0) is 0 Å². The first-order chi connectivity index (χ1) is 8.75. The topological polar surface area (TPSA) is 41.7 Å². The number of aromatic hydroxyl groups is 1. The molecule has 18 heavy (non-hydrogen) atoms. The van der Waals surface area contributed by atoms with Gasteiger partial charge in [0.15, 0.2) is 0 Å². The third-order valence-corrected chi connectivity index (χ3v) is 2.93. The molecule has 0 aliphatic carbocycles. The summed E-state index contributed by atoms with van der Waals surface area (Å²) in [6, 6.07) is 15.8. The summed E-state index contributed by atoms with van der Waals surface area (Å²) in [5.74, 6) is 0.104. The van der Waals surface area contributed by atoms with Gasteiger partial charge in [-0.1, -0.05) is 6.07 Å². The van der Waals surface area contributed by atoms with E-state index in [0.717, 1.165) is 5.52 Å². The lowest BCUT2D eigenvalue weighted by molar-refractivity contribution is 0.103. The van der Waals surface area contributed by atoms with Crippen LogP contribution < -0.4 is 0 Å². The zero-order valence-electron chi connectivity index (χ0n) is 9.58. The maximum absolute atomic E-state index is 12.3. The summed E-state index contributed by atoms with van der Waals surface area (Å²) < 4.78 is 1.86. The van der Waals surface area contributed by atoms with Gasteiger partial charge >= 0.3 is 0 Å². The molecule has 0 saturated carbocycles. The minimum atomic E-state index is -0.0544. The number of hydrogen-bond acceptors (Lipinski definition) is 2. The molecule has 3 aromatic rings. The Morgan fingerprint density at radius 3 is 2.50 bits per heavy atom. The van der Waals surface area contributed by atoms with E-state index in [1.807, 2.05) is 40.9 Å². The first-order valence-electron chi connectivity index (χ1n) is 5.65. The number of ketones is 1. The molecule has 2 aromatic heterocycles. The van der Waals surface area contributed by atoms with Crippen molar-refractivity contribution < 1.29 is 9.90 Å². The molecule has 0 spiro atoms. The van der Waals surface area contributed by atoms with Crippen molar-refractivity contribution >= 4 is 11.3 Å². The summed E-state index contributed by atoms with van der Waals surface area (Å²) in [6.07, 6.45) is 1.86. The Labute approximate surface area is 104 Å². The maximum Gasteiger partial charge on any atom is 0.209 e. The normalized spacial score (nSPS) is 10.7. The SMILES string of the molecule is O=C(c1ccc(O)cc1)c1ccc2ccccn12. The number of pyridine rings is 1. The number of fused-ring (bicyclic) bond motifs is 1. The van der Waals surface area contributed by atoms with Crippen molar-refractivity contribution in [3.8, 4) is 5.75 Å². The zero-order chi connectivity index (χ0) is 12.5. The van der Waals surface area contributed by atoms with Crippen LogP contribution in [0.15, 0.2) is 60.8 Å². The molecular formula is C15H11NO2. The van der Waals surface area contributed by atoms with Gasteiger partial charge in [0, 0.05) is 17.3 Å². The number of phenols is 1. The quantitative estimate of drug-likeness (QED) is 0.696. The average molecular weight is 237 g/mol. The molecule has 0 amide bonds. The van der Waals surface area contributed by atoms with Gasteiger partial charge in [0.1, 0.15) is 5.75 Å². The second-order valence-corrected chi connectivity index (χ2v) is 4.09. The number of benzene rings is 1. The van der Waals surface area contributed by atoms with E-state index in [1.54, 1.807) is 12.1 Å². The van der Waals surface area contributed by atoms with Crippen LogP contribution in [0, 0.1) is 0 Å². The van der Waals surface area contributed by atoms with Gasteiger partial charge in [-0.25, -0.2) is 0 Å². The largest absolute Gasteiger partial charge is 0.508 e. The molecule has 2 heterocycles. The predicted molar refractivity (Wildman–Crippen MR) is 68.9 cm³/mol. The summed E-state index contributed by atoms with van der Waals surface area (Å²) >= 11 is 0. The Morgan fingerprint density at radius 1 is 0.944 bits per heavy atom. The summed E-state index contributed by atoms with van der Waals surface area (Å²) in [4.78, 5) is 12.3. The Kier molecular flexibility index (Phi) is 2.38. The van der Waals surface area contributed by atoms with Gasteiger partial charge in [-0.15, -0.1) is 0 Å². The second kappa shape index (κ2) is 4.04. The number of phenolic OH excluding ortho intramolecular Hbond substituents is 1. The zero-order valence-corrected chi connectivity index (χ0v) is 9.58. The minimum absolute atomic E-state index is 0.0544. The van der Waals surface area contributed by atoms with E-state index in [1.165, 1.54) is 12.1 Å². The summed E-state index contributed by atoms with van der Waals surface area (Å²) in [6.45, 7) is 0. The first-order valence-corrected chi connectivity index (χ1v) is 5.65. The van der Waals surface area contributed by atoms with Gasteiger partial charge in [0.2, 0.25) is 5.78 Å². The molecule has 0 atom stereocenters. The molecule has 1 N–H and O–H groups in total. The first kappa shape index (κ1) is 10.6. The number of carbonyl (C=O) groups is 1. The number of nitrogens with zero attached hydrogens (tertiary/aromatic N) is 1. The Bertz CT molecular complexity index is 711. The van der Waals surface area contributed by atoms with Crippen LogP contribution in [0.4, 0.5) is 0 Å². The summed E-state index contributed by atoms with van der Waals surface area (Å²) in [5, 5.41) is 9.22. The van der Waals surface area contributed by atoms with Gasteiger partial charge in [-0.2, -0.15) is 0 Å². The van der Waals surface area contributed by atoms with E-state index in [-0.39, 0.29) is 11.5 Å². The van der Waals surface area contributed by atoms with E-state index in [9.17, 15) is 9.90 Å². The van der Waals surface area contributed by atoms with Crippen molar-refractivity contribution in [3.63, 3.8) is 0 Å². The number of aromatic nitrogens is 1. The number of carbonyl (C=O) groups excluding carboxylic acids is 1. The highest BCUT2D eigenvalue weighted by Gasteiger charge is 2.12. The fourth-order valence-corrected chi connectivity index (χ4v) is 2.00. The number of rotatable bonds is 2. The second-order valence-electron chi connectivity index (χ2n) is 4.09. The molecule has 0 aliphatic heterocycles. The fraction of sp³-hybridized carbons (Fsp3) is 0. The molecule has 0 unspecified atom stereocenters. The fourth-order valence-electron chi connectivity index (χ4n) is 2.00. The van der Waals surface area contributed by atoms with Crippen molar-refractivity contribution in [1.29, 1.82) is 0 Å². The predicted octanol–water partition coefficient (Wildman–Crippen LogP) is 2.88. The van der Waals surface area contributed by atoms with E-state index in [2.05, 4.69) is 0 Å². The third kappa shape index (κ3) is 1.66. The molecule has 0 bridgehead atoms. The maximum atomic E-state index is 12.3. The van der Waals surface area contributed by atoms with Gasteiger partial charge in [0.05, 0.1) is 5.69 Å². The van der Waals surface area contributed by atoms with Crippen LogP contribution in [0.5, 0.6) is 5.75 Å². The molecule has 0 radical (unpaired) electrons. The van der Waals surface area contributed by atoms with Gasteiger partial charge < -0.3 is 9.51 Å². The molecule has 1 aromatic carbocycles. The van der Waals surface area contributed by atoms with E-state index >= 15 is 0 Å². The minimum Gasteiger partial charge on any atom is -0.508 e. The lowest BCUT2D eigenvalue weighted by atomic mass is 10.1. The van der Waals surface area contributed by atoms with Crippen molar-refractivity contribution in [2.75, 3.05) is 0 Å². The highest BCUT2D eigenvalue weighted by Crippen LogP contribution is 2.16. The van der Waals surface area contributed by atoms with Gasteiger partial charge in [0.25, 0.3) is 0 Å². The van der Waals surface area contributed by atoms with Crippen LogP contribution in [0.2, 0.25) is 0 Å². The molecule has 88 valence electrons. The smallest absolute Gasteiger partial charge is 0.209 e. The van der Waals surface area contributed by atoms with Crippen molar-refractivity contribution in [2.45, 2.75) is 0 Å². The molecule has 0 fully saturated rings. The van der Waals surface area contributed by atoms with Crippen molar-refractivity contribution in [2.24, 2.45) is 0 Å². The monoisotopic (exact) mass is 237 g/mol. The van der Waals surface area contributed by atoms with E-state index in [4.69, 9.17) is 0 Å². The Hall–Kier alpha value is -2.55. The van der Waals surface area contributed by atoms with Gasteiger partial charge in [-0.3, -0.25) is 4.79 Å². The molecule has 3 rings (SSSR count). The molecular weight excluding hydrogens is 226 g/mol. The summed E-state index contributed by atoms with van der Waals surface area (Å²) in [5.41, 5.74) is 2.17. The highest BCUT2D eigenvalue weighted by atomic mass is 16.3. The highest BCUT2D eigenvalue weighted by molar-refractivity contribution is 6.08. The lowest BCUT2D eigenvalue weighted by Gasteiger charge is -2.02. The van der Waals surface area contributed by atoms with Crippen molar-refractivity contribution in [1.82, 2.24) is 4.40 Å². The number of hydrogen-bond donors (Lipinski definition) is 1. The third-order valence-electron chi connectivity index (χ3n) is 2.93. The van der Waals surface area contributed by atoms with E-state index < -0.39 is 0 Å². The molecule has 3 heteroatoms. The Morgan fingerprint density at radius 2 is 1.72 bits per heavy atom. The Balaban J connectivity index is 2.09. The van der Waals surface area contributed by atoms with Crippen LogP contribution >= 0.6 is 0 Å².